The number of ketones is 1. The highest BCUT2D eigenvalue weighted by molar-refractivity contribution is 7.17. The summed E-state index contributed by atoms with van der Waals surface area (Å²) >= 11 is 1.35. The van der Waals surface area contributed by atoms with Gasteiger partial charge in [-0.2, -0.15) is 5.10 Å². The molecule has 2 N–H and O–H groups in total. The number of nitrogens with zero attached hydrogens (tertiary/aromatic N) is 6. The molecule has 9 nitrogen and oxygen atoms in total. The number of aromatic nitrogens is 8. The fraction of sp³-hybridized carbons (Fsp3) is 0.0455. The number of halogens is 1. The Kier molecular flexibility index (Phi) is 4.30. The predicted octanol–water partition coefficient (Wildman–Crippen LogP) is 4.42. The smallest absolute Gasteiger partial charge is 0.169 e. The quantitative estimate of drug-likeness (QED) is 0.376. The molecule has 6 rings (SSSR count). The van der Waals surface area contributed by atoms with Gasteiger partial charge < -0.3 is 4.98 Å². The van der Waals surface area contributed by atoms with E-state index in [1.165, 1.54) is 43.2 Å². The summed E-state index contributed by atoms with van der Waals surface area (Å²) < 4.78 is 15.6. The lowest BCUT2D eigenvalue weighted by atomic mass is 10.1. The highest BCUT2D eigenvalue weighted by Crippen LogP contribution is 2.35. The normalized spacial score (nSPS) is 11.5. The number of nitrogens with one attached hydrogen (secondary N) is 2. The number of hydrogen-bond acceptors (Lipinski definition) is 8. The van der Waals surface area contributed by atoms with Gasteiger partial charge in [0.15, 0.2) is 17.4 Å². The van der Waals surface area contributed by atoms with Gasteiger partial charge in [0.25, 0.3) is 0 Å². The summed E-state index contributed by atoms with van der Waals surface area (Å²) in [5.41, 5.74) is 3.30. The topological polar surface area (TPSA) is 126 Å². The standard InChI is InChI=1S/C22H13FN8OS/c1-10(32)14-2-3-15(33-14)20-19-12(4-5-26-20)28-22(29-19)21-16-13(30-31-21)8-27-18(17(16)23)11-6-24-9-25-7-11/h2-9H,1H3,(H,28,29)(H,30,31). The first kappa shape index (κ1) is 19.3. The molecule has 0 aliphatic rings. The van der Waals surface area contributed by atoms with Crippen molar-refractivity contribution in [3.05, 3.63) is 60.0 Å². The molecular weight excluding hydrogens is 443 g/mol. The molecule has 0 fully saturated rings. The van der Waals surface area contributed by atoms with E-state index in [1.807, 2.05) is 6.07 Å². The number of hydrogen-bond donors (Lipinski definition) is 2. The lowest BCUT2D eigenvalue weighted by Crippen LogP contribution is -1.93. The summed E-state index contributed by atoms with van der Waals surface area (Å²) in [6, 6.07) is 5.41. The summed E-state index contributed by atoms with van der Waals surface area (Å²) in [5, 5.41) is 7.37. The number of fused-ring (bicyclic) bond motifs is 2. The van der Waals surface area contributed by atoms with Gasteiger partial charge in [-0.3, -0.25) is 19.9 Å². The number of rotatable bonds is 4. The highest BCUT2D eigenvalue weighted by atomic mass is 32.1. The molecule has 0 spiro atoms. The number of thiophene rings is 1. The summed E-state index contributed by atoms with van der Waals surface area (Å²) in [5.74, 6) is -0.170. The van der Waals surface area contributed by atoms with Crippen molar-refractivity contribution in [2.24, 2.45) is 0 Å². The second-order valence-corrected chi connectivity index (χ2v) is 8.35. The van der Waals surface area contributed by atoms with Crippen LogP contribution in [0.25, 0.3) is 55.3 Å². The molecule has 0 saturated heterocycles. The number of H-pyrrole nitrogens is 2. The van der Waals surface area contributed by atoms with Crippen LogP contribution in [0, 0.1) is 5.82 Å². The van der Waals surface area contributed by atoms with Crippen LogP contribution in [0.5, 0.6) is 0 Å². The van der Waals surface area contributed by atoms with Crippen molar-refractivity contribution in [3.8, 4) is 33.3 Å². The number of imidazole rings is 1. The third-order valence-electron chi connectivity index (χ3n) is 5.19. The van der Waals surface area contributed by atoms with Crippen LogP contribution >= 0.6 is 11.3 Å². The van der Waals surface area contributed by atoms with Crippen LogP contribution < -0.4 is 0 Å². The van der Waals surface area contributed by atoms with E-state index in [9.17, 15) is 4.79 Å². The number of pyridine rings is 2. The molecule has 0 bridgehead atoms. The fourth-order valence-corrected chi connectivity index (χ4v) is 4.55. The van der Waals surface area contributed by atoms with Crippen LogP contribution in [0.4, 0.5) is 4.39 Å². The van der Waals surface area contributed by atoms with E-state index < -0.39 is 5.82 Å². The van der Waals surface area contributed by atoms with Gasteiger partial charge in [0, 0.05) is 24.2 Å². The minimum absolute atomic E-state index is 0.00663. The van der Waals surface area contributed by atoms with E-state index in [0.29, 0.717) is 38.7 Å². The van der Waals surface area contributed by atoms with Gasteiger partial charge >= 0.3 is 0 Å². The SMILES string of the molecule is CC(=O)c1ccc(-c2nccc3[nH]c(-c4n[nH]c5cnc(-c6cncnc6)c(F)c45)nc23)s1. The maximum absolute atomic E-state index is 15.6. The van der Waals surface area contributed by atoms with Gasteiger partial charge in [0.2, 0.25) is 0 Å². The van der Waals surface area contributed by atoms with Crippen LogP contribution in [0.2, 0.25) is 0 Å². The monoisotopic (exact) mass is 456 g/mol. The van der Waals surface area contributed by atoms with E-state index >= 15 is 4.39 Å². The van der Waals surface area contributed by atoms with Gasteiger partial charge in [-0.15, -0.1) is 11.3 Å². The zero-order valence-corrected chi connectivity index (χ0v) is 17.8. The number of aromatic amines is 2. The van der Waals surface area contributed by atoms with Crippen molar-refractivity contribution in [1.82, 2.24) is 40.1 Å². The van der Waals surface area contributed by atoms with E-state index in [2.05, 4.69) is 40.1 Å². The molecule has 0 radical (unpaired) electrons. The average molecular weight is 456 g/mol. The van der Waals surface area contributed by atoms with Crippen molar-refractivity contribution >= 4 is 39.1 Å². The van der Waals surface area contributed by atoms with Crippen LogP contribution in [-0.4, -0.2) is 45.9 Å². The second kappa shape index (κ2) is 7.35. The summed E-state index contributed by atoms with van der Waals surface area (Å²) in [6.45, 7) is 1.53. The van der Waals surface area contributed by atoms with Crippen molar-refractivity contribution in [2.45, 2.75) is 6.92 Å². The van der Waals surface area contributed by atoms with Crippen LogP contribution in [0.15, 0.2) is 49.3 Å². The fourth-order valence-electron chi connectivity index (χ4n) is 3.65. The first-order chi connectivity index (χ1) is 16.1. The molecule has 6 aromatic rings. The third-order valence-corrected chi connectivity index (χ3v) is 6.38. The molecule has 0 atom stereocenters. The molecule has 0 saturated carbocycles. The summed E-state index contributed by atoms with van der Waals surface area (Å²) in [4.78, 5) is 37.6. The molecule has 0 unspecified atom stereocenters. The molecule has 0 aliphatic heterocycles. The summed E-state index contributed by atoms with van der Waals surface area (Å²) in [6.07, 6.45) is 7.55. The predicted molar refractivity (Wildman–Crippen MR) is 121 cm³/mol. The lowest BCUT2D eigenvalue weighted by molar-refractivity contribution is 0.102. The van der Waals surface area contributed by atoms with E-state index in [0.717, 1.165) is 10.4 Å². The Bertz CT molecular complexity index is 1670. The van der Waals surface area contributed by atoms with Crippen molar-refractivity contribution in [1.29, 1.82) is 0 Å². The minimum Gasteiger partial charge on any atom is -0.336 e. The Morgan fingerprint density at radius 2 is 1.85 bits per heavy atom. The lowest BCUT2D eigenvalue weighted by Gasteiger charge is -2.03. The minimum atomic E-state index is -0.547. The molecule has 0 amide bonds. The molecule has 6 aromatic heterocycles. The number of carbonyl (C=O) groups is 1. The maximum Gasteiger partial charge on any atom is 0.169 e. The van der Waals surface area contributed by atoms with Gasteiger partial charge in [0.1, 0.15) is 28.9 Å². The first-order valence-corrected chi connectivity index (χ1v) is 10.7. The van der Waals surface area contributed by atoms with E-state index in [-0.39, 0.29) is 16.9 Å². The highest BCUT2D eigenvalue weighted by Gasteiger charge is 2.21. The van der Waals surface area contributed by atoms with Crippen LogP contribution in [-0.2, 0) is 0 Å². The van der Waals surface area contributed by atoms with Gasteiger partial charge in [-0.05, 0) is 25.1 Å². The number of carbonyl (C=O) groups excluding carboxylic acids is 1. The Morgan fingerprint density at radius 3 is 2.64 bits per heavy atom. The Morgan fingerprint density at radius 1 is 1.00 bits per heavy atom. The first-order valence-electron chi connectivity index (χ1n) is 9.84. The Hall–Kier alpha value is -4.38. The molecule has 6 heterocycles. The van der Waals surface area contributed by atoms with Gasteiger partial charge in [-0.25, -0.2) is 19.3 Å². The largest absolute Gasteiger partial charge is 0.336 e. The zero-order valence-electron chi connectivity index (χ0n) is 17.0. The molecule has 33 heavy (non-hydrogen) atoms. The van der Waals surface area contributed by atoms with Crippen LogP contribution in [0.1, 0.15) is 16.6 Å². The zero-order chi connectivity index (χ0) is 22.5. The van der Waals surface area contributed by atoms with Crippen molar-refractivity contribution in [3.63, 3.8) is 0 Å². The molecule has 11 heteroatoms. The number of Topliss-reactive ketones (excluding diaryl/α,β-unsaturated/α-hetero) is 1. The molecule has 0 aliphatic carbocycles. The van der Waals surface area contributed by atoms with Crippen molar-refractivity contribution in [2.75, 3.05) is 0 Å². The average Bonchev–Trinajstić information content (AvgIpc) is 3.57. The third kappa shape index (κ3) is 3.09. The van der Waals surface area contributed by atoms with Gasteiger partial charge in [-0.1, -0.05) is 0 Å². The second-order valence-electron chi connectivity index (χ2n) is 7.27. The van der Waals surface area contributed by atoms with Gasteiger partial charge in [0.05, 0.1) is 32.4 Å². The molecule has 0 aromatic carbocycles. The van der Waals surface area contributed by atoms with E-state index in [4.69, 9.17) is 0 Å². The molecule has 160 valence electrons. The summed E-state index contributed by atoms with van der Waals surface area (Å²) in [7, 11) is 0. The maximum atomic E-state index is 15.6. The Balaban J connectivity index is 1.52. The van der Waals surface area contributed by atoms with Crippen molar-refractivity contribution < 1.29 is 9.18 Å². The Labute approximate surface area is 188 Å². The van der Waals surface area contributed by atoms with E-state index in [1.54, 1.807) is 18.3 Å². The molecular formula is C22H13FN8OS. The van der Waals surface area contributed by atoms with Crippen LogP contribution in [0.3, 0.4) is 0 Å².